The number of piperazine rings is 1. The van der Waals surface area contributed by atoms with Gasteiger partial charge in [-0.05, 0) is 79.0 Å². The lowest BCUT2D eigenvalue weighted by Crippen LogP contribution is -2.49. The average molecular weight is 587 g/mol. The van der Waals surface area contributed by atoms with E-state index in [0.717, 1.165) is 62.4 Å². The van der Waals surface area contributed by atoms with Crippen molar-refractivity contribution in [2.24, 2.45) is 0 Å². The minimum Gasteiger partial charge on any atom is -0.390 e. The maximum atomic E-state index is 13.5. The molecule has 1 heterocycles. The van der Waals surface area contributed by atoms with Crippen LogP contribution in [0.5, 0.6) is 0 Å². The van der Waals surface area contributed by atoms with Gasteiger partial charge in [0.15, 0.2) is 0 Å². The van der Waals surface area contributed by atoms with Gasteiger partial charge >= 0.3 is 0 Å². The summed E-state index contributed by atoms with van der Waals surface area (Å²) in [5.74, 6) is -0.392. The summed E-state index contributed by atoms with van der Waals surface area (Å²) < 4.78 is 26.9. The number of hydrogen-bond acceptors (Lipinski definition) is 4. The van der Waals surface area contributed by atoms with Crippen molar-refractivity contribution in [3.05, 3.63) is 101 Å². The Kier molecular flexibility index (Phi) is 13.8. The van der Waals surface area contributed by atoms with Crippen LogP contribution in [0, 0.1) is 11.6 Å². The van der Waals surface area contributed by atoms with Crippen molar-refractivity contribution in [1.29, 1.82) is 0 Å². The van der Waals surface area contributed by atoms with Gasteiger partial charge in [-0.15, -0.1) is 24.8 Å². The van der Waals surface area contributed by atoms with Crippen molar-refractivity contribution in [1.82, 2.24) is 9.80 Å². The Balaban J connectivity index is 0.00000253. The summed E-state index contributed by atoms with van der Waals surface area (Å²) in [6, 6.07) is 20.8. The highest BCUT2D eigenvalue weighted by atomic mass is 35.5. The number of β-amino-alcohol motifs (C(OH)–C–C–N with tert-alkyl or cyclic N) is 1. The SMILES string of the molecule is Cl.Cl.OC(CNc1ccc(Cl)cc1)CN1CCN(CCCC(c2ccc(F)cc2)c2ccc(F)cc2)CC1. The van der Waals surface area contributed by atoms with Gasteiger partial charge in [0.25, 0.3) is 0 Å². The Morgan fingerprint density at radius 1 is 0.763 bits per heavy atom. The van der Waals surface area contributed by atoms with E-state index in [1.165, 1.54) is 24.3 Å². The molecular formula is C29H36Cl3F2N3O. The first-order valence-corrected chi connectivity index (χ1v) is 13.0. The summed E-state index contributed by atoms with van der Waals surface area (Å²) in [4.78, 5) is 4.77. The smallest absolute Gasteiger partial charge is 0.123 e. The minimum absolute atomic E-state index is 0. The van der Waals surface area contributed by atoms with Crippen LogP contribution in [0.25, 0.3) is 0 Å². The summed E-state index contributed by atoms with van der Waals surface area (Å²) in [6.45, 7) is 5.91. The topological polar surface area (TPSA) is 38.7 Å². The Morgan fingerprint density at radius 2 is 1.26 bits per heavy atom. The number of benzene rings is 3. The molecule has 1 atom stereocenters. The highest BCUT2D eigenvalue weighted by Crippen LogP contribution is 2.30. The molecule has 4 nitrogen and oxygen atoms in total. The van der Waals surface area contributed by atoms with Crippen LogP contribution in [0.15, 0.2) is 72.8 Å². The fourth-order valence-corrected chi connectivity index (χ4v) is 4.92. The molecule has 4 rings (SSSR count). The normalized spacial score (nSPS) is 15.0. The zero-order chi connectivity index (χ0) is 25.3. The Bertz CT molecular complexity index is 1020. The van der Waals surface area contributed by atoms with Crippen molar-refractivity contribution in [2.75, 3.05) is 51.1 Å². The van der Waals surface area contributed by atoms with Crippen molar-refractivity contribution in [3.63, 3.8) is 0 Å². The largest absolute Gasteiger partial charge is 0.390 e. The first kappa shape index (κ1) is 32.3. The lowest BCUT2D eigenvalue weighted by Gasteiger charge is -2.36. The predicted octanol–water partition coefficient (Wildman–Crippen LogP) is 6.46. The third kappa shape index (κ3) is 9.99. The predicted molar refractivity (Wildman–Crippen MR) is 157 cm³/mol. The summed E-state index contributed by atoms with van der Waals surface area (Å²) in [6.07, 6.45) is 1.46. The number of nitrogens with one attached hydrogen (secondary N) is 1. The second-order valence-corrected chi connectivity index (χ2v) is 9.92. The number of nitrogens with zero attached hydrogens (tertiary/aromatic N) is 2. The molecule has 1 aliphatic rings. The molecule has 0 aliphatic carbocycles. The fourth-order valence-electron chi connectivity index (χ4n) is 4.80. The summed E-state index contributed by atoms with van der Waals surface area (Å²) in [5.41, 5.74) is 3.05. The van der Waals surface area contributed by atoms with Gasteiger partial charge in [0.2, 0.25) is 0 Å². The summed E-state index contributed by atoms with van der Waals surface area (Å²) >= 11 is 5.92. The van der Waals surface area contributed by atoms with Crippen LogP contribution in [0.2, 0.25) is 5.02 Å². The molecule has 1 aliphatic heterocycles. The third-order valence-electron chi connectivity index (χ3n) is 6.83. The molecule has 3 aromatic rings. The van der Waals surface area contributed by atoms with E-state index in [0.29, 0.717) is 18.1 Å². The number of aliphatic hydroxyl groups excluding tert-OH is 1. The van der Waals surface area contributed by atoms with E-state index in [1.807, 2.05) is 48.5 Å². The molecular weight excluding hydrogens is 551 g/mol. The van der Waals surface area contributed by atoms with E-state index >= 15 is 0 Å². The second kappa shape index (κ2) is 16.2. The van der Waals surface area contributed by atoms with Crippen LogP contribution in [0.3, 0.4) is 0 Å². The molecule has 0 bridgehead atoms. The van der Waals surface area contributed by atoms with E-state index in [4.69, 9.17) is 11.6 Å². The quantitative estimate of drug-likeness (QED) is 0.270. The van der Waals surface area contributed by atoms with Crippen LogP contribution in [0.1, 0.15) is 29.9 Å². The third-order valence-corrected chi connectivity index (χ3v) is 7.08. The second-order valence-electron chi connectivity index (χ2n) is 9.48. The highest BCUT2D eigenvalue weighted by molar-refractivity contribution is 6.30. The molecule has 9 heteroatoms. The zero-order valence-electron chi connectivity index (χ0n) is 21.2. The summed E-state index contributed by atoms with van der Waals surface area (Å²) in [5, 5.41) is 14.4. The Morgan fingerprint density at radius 3 is 1.79 bits per heavy atom. The van der Waals surface area contributed by atoms with E-state index in [2.05, 4.69) is 15.1 Å². The lowest BCUT2D eigenvalue weighted by molar-refractivity contribution is 0.0776. The van der Waals surface area contributed by atoms with Gasteiger partial charge in [-0.2, -0.15) is 0 Å². The van der Waals surface area contributed by atoms with Crippen molar-refractivity contribution < 1.29 is 13.9 Å². The highest BCUT2D eigenvalue weighted by Gasteiger charge is 2.20. The van der Waals surface area contributed by atoms with Gasteiger partial charge in [0.1, 0.15) is 11.6 Å². The molecule has 1 fully saturated rings. The molecule has 0 aromatic heterocycles. The van der Waals surface area contributed by atoms with Gasteiger partial charge < -0.3 is 15.3 Å². The summed E-state index contributed by atoms with van der Waals surface area (Å²) in [7, 11) is 0. The maximum absolute atomic E-state index is 13.5. The van der Waals surface area contributed by atoms with E-state index < -0.39 is 6.10 Å². The molecule has 1 saturated heterocycles. The molecule has 0 radical (unpaired) electrons. The van der Waals surface area contributed by atoms with Crippen molar-refractivity contribution in [2.45, 2.75) is 24.9 Å². The van der Waals surface area contributed by atoms with Gasteiger partial charge in [-0.1, -0.05) is 35.9 Å². The van der Waals surface area contributed by atoms with Gasteiger partial charge in [0.05, 0.1) is 6.10 Å². The van der Waals surface area contributed by atoms with E-state index in [9.17, 15) is 13.9 Å². The minimum atomic E-state index is -0.445. The molecule has 0 spiro atoms. The average Bonchev–Trinajstić information content (AvgIpc) is 2.89. The van der Waals surface area contributed by atoms with Crippen LogP contribution >= 0.6 is 36.4 Å². The van der Waals surface area contributed by atoms with Gasteiger partial charge in [-0.25, -0.2) is 8.78 Å². The van der Waals surface area contributed by atoms with Crippen LogP contribution in [-0.2, 0) is 0 Å². The van der Waals surface area contributed by atoms with Crippen molar-refractivity contribution in [3.8, 4) is 0 Å². The molecule has 3 aromatic carbocycles. The zero-order valence-corrected chi connectivity index (χ0v) is 23.6. The number of hydrogen-bond donors (Lipinski definition) is 2. The maximum Gasteiger partial charge on any atom is 0.123 e. The molecule has 38 heavy (non-hydrogen) atoms. The van der Waals surface area contributed by atoms with Crippen LogP contribution in [0.4, 0.5) is 14.5 Å². The number of anilines is 1. The molecule has 2 N–H and O–H groups in total. The van der Waals surface area contributed by atoms with Crippen LogP contribution in [-0.4, -0.2) is 66.8 Å². The molecule has 208 valence electrons. The van der Waals surface area contributed by atoms with E-state index in [-0.39, 0.29) is 42.4 Å². The fraction of sp³-hybridized carbons (Fsp3) is 0.379. The molecule has 1 unspecified atom stereocenters. The Labute approximate surface area is 241 Å². The molecule has 0 amide bonds. The number of rotatable bonds is 11. The molecule has 0 saturated carbocycles. The van der Waals surface area contributed by atoms with Crippen LogP contribution < -0.4 is 5.32 Å². The van der Waals surface area contributed by atoms with Crippen molar-refractivity contribution >= 4 is 42.1 Å². The van der Waals surface area contributed by atoms with E-state index in [1.54, 1.807) is 0 Å². The lowest BCUT2D eigenvalue weighted by atomic mass is 9.87. The van der Waals surface area contributed by atoms with Gasteiger partial charge in [0, 0.05) is 55.9 Å². The van der Waals surface area contributed by atoms with Gasteiger partial charge in [-0.3, -0.25) is 4.90 Å². The standard InChI is InChI=1S/C29H34ClF2N3O.2ClH/c30-24-7-13-27(14-8-24)33-20-28(36)21-35-18-16-34(17-19-35)15-1-2-29(22-3-9-25(31)10-4-22)23-5-11-26(32)12-6-23;;/h3-14,28-29,33,36H,1-2,15-21H2;2*1H. The monoisotopic (exact) mass is 585 g/mol. The first-order valence-electron chi connectivity index (χ1n) is 12.6. The first-order chi connectivity index (χ1) is 17.5. The Hall–Kier alpha value is -1.93. The number of halogens is 5. The number of aliphatic hydroxyl groups is 1.